The molecule has 0 atom stereocenters. The van der Waals surface area contributed by atoms with Gasteiger partial charge in [0.1, 0.15) is 6.21 Å². The van der Waals surface area contributed by atoms with Crippen molar-refractivity contribution in [1.82, 2.24) is 0 Å². The minimum absolute atomic E-state index is 0.723. The van der Waals surface area contributed by atoms with Crippen molar-refractivity contribution in [1.29, 1.82) is 0 Å². The Labute approximate surface area is 162 Å². The fourth-order valence-electron chi connectivity index (χ4n) is 3.69. The molecule has 3 rings (SSSR count). The van der Waals surface area contributed by atoms with Crippen LogP contribution in [0, 0.1) is 24.1 Å². The van der Waals surface area contributed by atoms with Crippen LogP contribution in [0.3, 0.4) is 0 Å². The predicted octanol–water partition coefficient (Wildman–Crippen LogP) is -1.05. The Morgan fingerprint density at radius 1 is 0.815 bits per heavy atom. The van der Waals surface area contributed by atoms with Gasteiger partial charge in [-0.2, -0.15) is 0 Å². The molecule has 7 nitrogen and oxygen atoms in total. The van der Waals surface area contributed by atoms with Crippen molar-refractivity contribution in [3.8, 4) is 0 Å². The summed E-state index contributed by atoms with van der Waals surface area (Å²) in [6.07, 6.45) is 13.8. The van der Waals surface area contributed by atoms with E-state index in [0.29, 0.717) is 0 Å². The largest absolute Gasteiger partial charge is 0.432 e. The molecule has 0 fully saturated rings. The fraction of sp³-hybridized carbons (Fsp3) is 0.632. The van der Waals surface area contributed by atoms with E-state index in [1.165, 1.54) is 80.3 Å². The fourth-order valence-corrected chi connectivity index (χ4v) is 3.69. The molecule has 0 aromatic carbocycles. The summed E-state index contributed by atoms with van der Waals surface area (Å²) >= 11 is 0. The average Bonchev–Trinajstić information content (AvgIpc) is 3.07. The van der Waals surface area contributed by atoms with Crippen LogP contribution in [-0.2, 0) is 12.8 Å². The van der Waals surface area contributed by atoms with Gasteiger partial charge in [0.2, 0.25) is 0 Å². The van der Waals surface area contributed by atoms with E-state index in [2.05, 4.69) is 34.5 Å². The first kappa shape index (κ1) is 21.9. The lowest BCUT2D eigenvalue weighted by Crippen LogP contribution is -2.68. The Hall–Kier alpha value is -1.38. The minimum Gasteiger partial charge on any atom is -0.222 e. The van der Waals surface area contributed by atoms with Gasteiger partial charge in [-0.25, -0.2) is 23.2 Å². The van der Waals surface area contributed by atoms with Crippen molar-refractivity contribution in [2.45, 2.75) is 71.6 Å². The van der Waals surface area contributed by atoms with Crippen molar-refractivity contribution in [2.24, 2.45) is 9.98 Å². The van der Waals surface area contributed by atoms with Crippen LogP contribution >= 0.6 is 0 Å². The highest BCUT2D eigenvalue weighted by Gasteiger charge is 2.23. The summed E-state index contributed by atoms with van der Waals surface area (Å²) in [4.78, 5) is 9.04. The minimum atomic E-state index is -4.94. The van der Waals surface area contributed by atoms with E-state index < -0.39 is 10.2 Å². The summed E-state index contributed by atoms with van der Waals surface area (Å²) in [7, 11) is -4.94. The molecule has 0 N–H and O–H groups in total. The quantitative estimate of drug-likeness (QED) is 0.518. The molecule has 150 valence electrons. The number of pyridine rings is 1. The highest BCUT2D eigenvalue weighted by atomic mass is 35.7. The Balaban J connectivity index is 0.000000465. The van der Waals surface area contributed by atoms with E-state index in [1.54, 1.807) is 0 Å². The molecule has 0 saturated carbocycles. The lowest BCUT2D eigenvalue weighted by molar-refractivity contribution is -2.00. The van der Waals surface area contributed by atoms with Gasteiger partial charge < -0.3 is 0 Å². The molecule has 1 aliphatic carbocycles. The smallest absolute Gasteiger partial charge is 0.222 e. The molecular formula is C19H28ClN3O4. The molecule has 1 aromatic rings. The lowest BCUT2D eigenvalue weighted by atomic mass is 9.96. The number of hydrogen-bond donors (Lipinski definition) is 0. The molecule has 0 saturated heterocycles. The number of aromatic nitrogens is 1. The zero-order chi connectivity index (χ0) is 19.9. The zero-order valence-corrected chi connectivity index (χ0v) is 16.8. The second-order valence-corrected chi connectivity index (χ2v) is 7.76. The molecule has 0 amide bonds. The Morgan fingerprint density at radius 3 is 1.67 bits per heavy atom. The molecule has 2 bridgehead atoms. The number of nitrogens with zero attached hydrogens (tertiary/aromatic N) is 3. The van der Waals surface area contributed by atoms with Crippen molar-refractivity contribution in [2.75, 3.05) is 6.54 Å². The first-order valence-corrected chi connectivity index (χ1v) is 10.7. The summed E-state index contributed by atoms with van der Waals surface area (Å²) in [6, 6.07) is 2.46. The predicted molar refractivity (Wildman–Crippen MR) is 92.0 cm³/mol. The standard InChI is InChI=1S/C19H28N3.ClHO4/c1-15-17-10-8-6-4-3-5-7-9-11-18(14-17)16(2)22(15)19-20-12-13-21-19;2-1(3,4)5/h12,14H,3-11,13H2,1-2H3;(H,2,3,4,5)/q+1;/p-1. The van der Waals surface area contributed by atoms with E-state index in [4.69, 9.17) is 18.6 Å². The maximum atomic E-state index is 8.49. The van der Waals surface area contributed by atoms with Gasteiger partial charge in [-0.15, -0.1) is 15.2 Å². The summed E-state index contributed by atoms with van der Waals surface area (Å²) in [5.74, 6) is 0.880. The number of rotatable bonds is 0. The van der Waals surface area contributed by atoms with Crippen LogP contribution in [0.15, 0.2) is 16.1 Å². The molecule has 0 radical (unpaired) electrons. The van der Waals surface area contributed by atoms with E-state index in [9.17, 15) is 0 Å². The van der Waals surface area contributed by atoms with Crippen LogP contribution in [0.25, 0.3) is 0 Å². The molecule has 0 unspecified atom stereocenters. The van der Waals surface area contributed by atoms with E-state index in [0.717, 1.165) is 12.5 Å². The Bertz CT molecular complexity index is 659. The van der Waals surface area contributed by atoms with Crippen LogP contribution in [0.5, 0.6) is 0 Å². The second-order valence-electron chi connectivity index (χ2n) is 7.01. The normalized spacial score (nSPS) is 18.1. The average molecular weight is 398 g/mol. The maximum absolute atomic E-state index is 8.49. The molecule has 27 heavy (non-hydrogen) atoms. The van der Waals surface area contributed by atoms with Gasteiger partial charge in [-0.3, -0.25) is 0 Å². The number of fused-ring (bicyclic) bond motifs is 2. The highest BCUT2D eigenvalue weighted by molar-refractivity contribution is 5.87. The van der Waals surface area contributed by atoms with Gasteiger partial charge in [-0.1, -0.05) is 37.1 Å². The third kappa shape index (κ3) is 7.27. The third-order valence-electron chi connectivity index (χ3n) is 5.06. The van der Waals surface area contributed by atoms with Gasteiger partial charge in [0.25, 0.3) is 0 Å². The first-order valence-electron chi connectivity index (χ1n) is 9.50. The molecular weight excluding hydrogens is 370 g/mol. The highest BCUT2D eigenvalue weighted by Crippen LogP contribution is 2.19. The van der Waals surface area contributed by atoms with Crippen LogP contribution < -0.4 is 23.2 Å². The topological polar surface area (TPSA) is 121 Å². The van der Waals surface area contributed by atoms with Gasteiger partial charge in [0, 0.05) is 0 Å². The van der Waals surface area contributed by atoms with Crippen LogP contribution in [0.1, 0.15) is 67.5 Å². The van der Waals surface area contributed by atoms with Crippen LogP contribution in [0.2, 0.25) is 0 Å². The van der Waals surface area contributed by atoms with Crippen LogP contribution in [-0.4, -0.2) is 18.7 Å². The van der Waals surface area contributed by atoms with Crippen LogP contribution in [0.4, 0.5) is 0 Å². The Kier molecular flexibility index (Phi) is 8.31. The summed E-state index contributed by atoms with van der Waals surface area (Å²) < 4.78 is 36.3. The van der Waals surface area contributed by atoms with Gasteiger partial charge >= 0.3 is 5.96 Å². The number of aliphatic imine (C=N–C) groups is 2. The zero-order valence-electron chi connectivity index (χ0n) is 16.1. The van der Waals surface area contributed by atoms with Crippen molar-refractivity contribution >= 4 is 12.2 Å². The monoisotopic (exact) mass is 397 g/mol. The summed E-state index contributed by atoms with van der Waals surface area (Å²) in [6.45, 7) is 5.18. The molecule has 2 heterocycles. The summed E-state index contributed by atoms with van der Waals surface area (Å²) in [5, 5.41) is 0. The SMILES string of the molecule is Cc1c2cc(c(C)[n+]1C1=NCC=N1)CCCCCCCCC2.[O-][Cl+3]([O-])([O-])[O-]. The molecule has 1 aromatic heterocycles. The van der Waals surface area contributed by atoms with Crippen molar-refractivity contribution in [3.63, 3.8) is 0 Å². The van der Waals surface area contributed by atoms with Gasteiger partial charge in [0.15, 0.2) is 6.54 Å². The van der Waals surface area contributed by atoms with Crippen molar-refractivity contribution < 1.29 is 33.4 Å². The van der Waals surface area contributed by atoms with E-state index in [1.807, 2.05) is 6.21 Å². The van der Waals surface area contributed by atoms with Gasteiger partial charge in [0.05, 0.1) is 11.4 Å². The summed E-state index contributed by atoms with van der Waals surface area (Å²) in [5.41, 5.74) is 5.64. The Morgan fingerprint density at radius 2 is 1.26 bits per heavy atom. The molecule has 0 spiro atoms. The number of halogens is 1. The van der Waals surface area contributed by atoms with Gasteiger partial charge in [-0.05, 0) is 56.7 Å². The molecule has 1 aliphatic heterocycles. The third-order valence-corrected chi connectivity index (χ3v) is 5.06. The maximum Gasteiger partial charge on any atom is 0.432 e. The number of hydrogen-bond acceptors (Lipinski definition) is 6. The van der Waals surface area contributed by atoms with E-state index >= 15 is 0 Å². The molecule has 8 heteroatoms. The first-order chi connectivity index (χ1) is 12.8. The van der Waals surface area contributed by atoms with E-state index in [-0.39, 0.29) is 0 Å². The van der Waals surface area contributed by atoms with Crippen molar-refractivity contribution in [3.05, 3.63) is 28.6 Å². The second kappa shape index (κ2) is 10.2. The molecule has 2 aliphatic rings. The lowest BCUT2D eigenvalue weighted by Gasteiger charge is -2.17. The number of aryl methyl sites for hydroxylation is 2.